The fraction of sp³-hybridized carbons (Fsp3) is 0.273. The summed E-state index contributed by atoms with van der Waals surface area (Å²) < 4.78 is 0. The number of hydrogen-bond acceptors (Lipinski definition) is 2. The standard InChI is InChI=1S/C11H15NO/c1-10(2)8-12-13-9-11-6-4-3-5-7-11/h3-7,12H,1,8-9H2,2H3. The Balaban J connectivity index is 2.17. The predicted molar refractivity (Wildman–Crippen MR) is 54.0 cm³/mol. The Morgan fingerprint density at radius 3 is 2.69 bits per heavy atom. The van der Waals surface area contributed by atoms with Crippen molar-refractivity contribution in [3.8, 4) is 0 Å². The zero-order valence-electron chi connectivity index (χ0n) is 7.92. The van der Waals surface area contributed by atoms with Gasteiger partial charge in [0.15, 0.2) is 0 Å². The van der Waals surface area contributed by atoms with Crippen LogP contribution in [0.1, 0.15) is 12.5 Å². The minimum atomic E-state index is 0.591. The Morgan fingerprint density at radius 2 is 2.08 bits per heavy atom. The van der Waals surface area contributed by atoms with Crippen LogP contribution < -0.4 is 5.48 Å². The highest BCUT2D eigenvalue weighted by Crippen LogP contribution is 1.98. The molecule has 0 aliphatic heterocycles. The normalized spacial score (nSPS) is 9.92. The van der Waals surface area contributed by atoms with E-state index in [1.807, 2.05) is 37.3 Å². The Morgan fingerprint density at radius 1 is 1.38 bits per heavy atom. The average Bonchev–Trinajstić information content (AvgIpc) is 2.14. The van der Waals surface area contributed by atoms with Gasteiger partial charge in [0.2, 0.25) is 0 Å². The molecule has 0 aromatic heterocycles. The molecular formula is C11H15NO. The molecule has 0 aliphatic carbocycles. The highest BCUT2D eigenvalue weighted by Gasteiger charge is 1.90. The molecule has 0 aliphatic rings. The molecule has 2 heteroatoms. The van der Waals surface area contributed by atoms with Gasteiger partial charge in [-0.15, -0.1) is 0 Å². The van der Waals surface area contributed by atoms with Gasteiger partial charge in [0.05, 0.1) is 6.61 Å². The quantitative estimate of drug-likeness (QED) is 0.423. The monoisotopic (exact) mass is 177 g/mol. The van der Waals surface area contributed by atoms with E-state index in [9.17, 15) is 0 Å². The third-order valence-corrected chi connectivity index (χ3v) is 1.56. The van der Waals surface area contributed by atoms with Crippen LogP contribution in [0.15, 0.2) is 42.5 Å². The van der Waals surface area contributed by atoms with Gasteiger partial charge in [0.1, 0.15) is 0 Å². The topological polar surface area (TPSA) is 21.3 Å². The van der Waals surface area contributed by atoms with E-state index in [2.05, 4.69) is 12.1 Å². The third-order valence-electron chi connectivity index (χ3n) is 1.56. The largest absolute Gasteiger partial charge is 0.297 e. The number of nitrogens with one attached hydrogen (secondary N) is 1. The van der Waals surface area contributed by atoms with Crippen LogP contribution in [0.25, 0.3) is 0 Å². The molecule has 0 amide bonds. The number of rotatable bonds is 5. The van der Waals surface area contributed by atoms with Crippen LogP contribution in [-0.4, -0.2) is 6.54 Å². The SMILES string of the molecule is C=C(C)CNOCc1ccccc1. The summed E-state index contributed by atoms with van der Waals surface area (Å²) in [5, 5.41) is 0. The Labute approximate surface area is 79.2 Å². The van der Waals surface area contributed by atoms with Gasteiger partial charge in [-0.3, -0.25) is 4.84 Å². The van der Waals surface area contributed by atoms with Gasteiger partial charge in [-0.1, -0.05) is 42.5 Å². The summed E-state index contributed by atoms with van der Waals surface area (Å²) in [6.07, 6.45) is 0. The summed E-state index contributed by atoms with van der Waals surface area (Å²) in [6, 6.07) is 10.0. The second kappa shape index (κ2) is 5.51. The molecule has 1 rings (SSSR count). The first-order valence-electron chi connectivity index (χ1n) is 4.32. The minimum absolute atomic E-state index is 0.591. The molecule has 0 unspecified atom stereocenters. The fourth-order valence-electron chi connectivity index (χ4n) is 0.883. The van der Waals surface area contributed by atoms with E-state index >= 15 is 0 Å². The van der Waals surface area contributed by atoms with E-state index < -0.39 is 0 Å². The second-order valence-electron chi connectivity index (χ2n) is 3.05. The van der Waals surface area contributed by atoms with Gasteiger partial charge < -0.3 is 0 Å². The van der Waals surface area contributed by atoms with Crippen LogP contribution in [0, 0.1) is 0 Å². The fourth-order valence-corrected chi connectivity index (χ4v) is 0.883. The summed E-state index contributed by atoms with van der Waals surface area (Å²) in [5.41, 5.74) is 5.06. The first-order valence-corrected chi connectivity index (χ1v) is 4.32. The van der Waals surface area contributed by atoms with Gasteiger partial charge in [0.25, 0.3) is 0 Å². The third kappa shape index (κ3) is 4.45. The van der Waals surface area contributed by atoms with E-state index in [0.29, 0.717) is 13.2 Å². The maximum absolute atomic E-state index is 5.22. The van der Waals surface area contributed by atoms with Gasteiger partial charge in [-0.05, 0) is 12.5 Å². The maximum atomic E-state index is 5.22. The molecule has 0 bridgehead atoms. The highest BCUT2D eigenvalue weighted by molar-refractivity contribution is 5.13. The van der Waals surface area contributed by atoms with Crippen LogP contribution in [0.5, 0.6) is 0 Å². The first kappa shape index (κ1) is 9.96. The minimum Gasteiger partial charge on any atom is -0.297 e. The molecule has 0 saturated carbocycles. The lowest BCUT2D eigenvalue weighted by Gasteiger charge is -2.04. The Hall–Kier alpha value is -1.12. The number of hydroxylamine groups is 1. The van der Waals surface area contributed by atoms with Crippen LogP contribution in [0.2, 0.25) is 0 Å². The summed E-state index contributed by atoms with van der Waals surface area (Å²) in [7, 11) is 0. The lowest BCUT2D eigenvalue weighted by atomic mass is 10.2. The zero-order chi connectivity index (χ0) is 9.52. The van der Waals surface area contributed by atoms with Crippen molar-refractivity contribution < 1.29 is 4.84 Å². The lowest BCUT2D eigenvalue weighted by molar-refractivity contribution is 0.0338. The van der Waals surface area contributed by atoms with Crippen molar-refractivity contribution in [3.05, 3.63) is 48.0 Å². The van der Waals surface area contributed by atoms with Crippen molar-refractivity contribution in [1.29, 1.82) is 0 Å². The molecule has 13 heavy (non-hydrogen) atoms. The predicted octanol–water partition coefficient (Wildman–Crippen LogP) is 2.28. The molecule has 0 radical (unpaired) electrons. The van der Waals surface area contributed by atoms with E-state index in [1.54, 1.807) is 0 Å². The summed E-state index contributed by atoms with van der Waals surface area (Å²) in [6.45, 7) is 7.01. The highest BCUT2D eigenvalue weighted by atomic mass is 16.6. The number of benzene rings is 1. The van der Waals surface area contributed by atoms with E-state index in [-0.39, 0.29) is 0 Å². The summed E-state index contributed by atoms with van der Waals surface area (Å²) in [4.78, 5) is 5.22. The molecule has 1 N–H and O–H groups in total. The van der Waals surface area contributed by atoms with Gasteiger partial charge in [-0.2, -0.15) is 5.48 Å². The van der Waals surface area contributed by atoms with E-state index in [1.165, 1.54) is 0 Å². The van der Waals surface area contributed by atoms with Crippen molar-refractivity contribution in [3.63, 3.8) is 0 Å². The van der Waals surface area contributed by atoms with E-state index in [4.69, 9.17) is 4.84 Å². The van der Waals surface area contributed by atoms with E-state index in [0.717, 1.165) is 11.1 Å². The maximum Gasteiger partial charge on any atom is 0.0933 e. The van der Waals surface area contributed by atoms with Crippen LogP contribution in [0.3, 0.4) is 0 Å². The lowest BCUT2D eigenvalue weighted by Crippen LogP contribution is -2.16. The molecule has 0 heterocycles. The molecule has 0 fully saturated rings. The smallest absolute Gasteiger partial charge is 0.0933 e. The molecule has 0 spiro atoms. The van der Waals surface area contributed by atoms with Crippen LogP contribution in [0.4, 0.5) is 0 Å². The molecule has 2 nitrogen and oxygen atoms in total. The summed E-state index contributed by atoms with van der Waals surface area (Å²) in [5.74, 6) is 0. The molecule has 0 atom stereocenters. The van der Waals surface area contributed by atoms with Crippen molar-refractivity contribution in [1.82, 2.24) is 5.48 Å². The van der Waals surface area contributed by atoms with Crippen molar-refractivity contribution in [2.24, 2.45) is 0 Å². The zero-order valence-corrected chi connectivity index (χ0v) is 7.92. The first-order chi connectivity index (χ1) is 6.29. The van der Waals surface area contributed by atoms with Gasteiger partial charge >= 0.3 is 0 Å². The molecule has 1 aromatic rings. The van der Waals surface area contributed by atoms with Crippen molar-refractivity contribution >= 4 is 0 Å². The second-order valence-corrected chi connectivity index (χ2v) is 3.05. The molecular weight excluding hydrogens is 162 g/mol. The molecule has 0 saturated heterocycles. The molecule has 70 valence electrons. The van der Waals surface area contributed by atoms with Gasteiger partial charge in [-0.25, -0.2) is 0 Å². The van der Waals surface area contributed by atoms with Gasteiger partial charge in [0, 0.05) is 6.54 Å². The van der Waals surface area contributed by atoms with Crippen LogP contribution in [-0.2, 0) is 11.4 Å². The average molecular weight is 177 g/mol. The van der Waals surface area contributed by atoms with Crippen molar-refractivity contribution in [2.45, 2.75) is 13.5 Å². The Bertz CT molecular complexity index is 256. The Kier molecular flexibility index (Phi) is 4.23. The van der Waals surface area contributed by atoms with Crippen LogP contribution >= 0.6 is 0 Å². The molecule has 1 aromatic carbocycles. The summed E-state index contributed by atoms with van der Waals surface area (Å²) >= 11 is 0. The van der Waals surface area contributed by atoms with Crippen molar-refractivity contribution in [2.75, 3.05) is 6.54 Å². The number of hydrogen-bond donors (Lipinski definition) is 1.